The van der Waals surface area contributed by atoms with Gasteiger partial charge in [0, 0.05) is 34.2 Å². The van der Waals surface area contributed by atoms with Crippen molar-refractivity contribution in [3.63, 3.8) is 0 Å². The molecule has 1 aromatic carbocycles. The lowest BCUT2D eigenvalue weighted by atomic mass is 9.92. The molecule has 1 amide bonds. The fraction of sp³-hybridized carbons (Fsp3) is 0.421. The van der Waals surface area contributed by atoms with Gasteiger partial charge in [-0.1, -0.05) is 32.0 Å². The van der Waals surface area contributed by atoms with Crippen LogP contribution >= 0.6 is 23.1 Å². The molecule has 4 heteroatoms. The Kier molecular flexibility index (Phi) is 3.98. The molecule has 0 spiro atoms. The van der Waals surface area contributed by atoms with Gasteiger partial charge < -0.3 is 4.90 Å². The van der Waals surface area contributed by atoms with E-state index in [4.69, 9.17) is 0 Å². The third kappa shape index (κ3) is 2.83. The number of fused-ring (bicyclic) bond motifs is 3. The van der Waals surface area contributed by atoms with Crippen LogP contribution in [0.25, 0.3) is 10.4 Å². The maximum absolute atomic E-state index is 13.0. The summed E-state index contributed by atoms with van der Waals surface area (Å²) in [6, 6.07) is 10.7. The van der Waals surface area contributed by atoms with Crippen LogP contribution < -0.4 is 0 Å². The van der Waals surface area contributed by atoms with Crippen molar-refractivity contribution >= 4 is 29.0 Å². The van der Waals surface area contributed by atoms with Gasteiger partial charge in [0.2, 0.25) is 0 Å². The number of rotatable bonds is 1. The van der Waals surface area contributed by atoms with Gasteiger partial charge in [0.25, 0.3) is 5.91 Å². The molecule has 0 N–H and O–H groups in total. The van der Waals surface area contributed by atoms with Crippen LogP contribution in [-0.4, -0.2) is 23.9 Å². The molecule has 0 saturated carbocycles. The lowest BCUT2D eigenvalue weighted by molar-refractivity contribution is 0.0628. The molecular formula is C19H21NOS2. The Balaban J connectivity index is 1.65. The van der Waals surface area contributed by atoms with E-state index in [0.29, 0.717) is 11.8 Å². The average molecular weight is 344 g/mol. The molecule has 2 nitrogen and oxygen atoms in total. The average Bonchev–Trinajstić information content (AvgIpc) is 2.98. The first-order valence-electron chi connectivity index (χ1n) is 8.26. The highest BCUT2D eigenvalue weighted by atomic mass is 32.2. The van der Waals surface area contributed by atoms with Crippen LogP contribution in [-0.2, 0) is 5.75 Å². The van der Waals surface area contributed by atoms with Crippen molar-refractivity contribution in [2.45, 2.75) is 30.9 Å². The van der Waals surface area contributed by atoms with Crippen LogP contribution in [0, 0.1) is 11.8 Å². The van der Waals surface area contributed by atoms with Crippen molar-refractivity contribution in [2.75, 3.05) is 13.1 Å². The summed E-state index contributed by atoms with van der Waals surface area (Å²) >= 11 is 3.55. The van der Waals surface area contributed by atoms with Crippen molar-refractivity contribution in [1.82, 2.24) is 4.90 Å². The fourth-order valence-electron chi connectivity index (χ4n) is 3.79. The van der Waals surface area contributed by atoms with Crippen LogP contribution in [0.15, 0.2) is 35.2 Å². The van der Waals surface area contributed by atoms with E-state index in [9.17, 15) is 4.79 Å². The van der Waals surface area contributed by atoms with E-state index in [2.05, 4.69) is 49.1 Å². The van der Waals surface area contributed by atoms with Crippen LogP contribution in [0.1, 0.15) is 35.5 Å². The molecule has 23 heavy (non-hydrogen) atoms. The van der Waals surface area contributed by atoms with Crippen molar-refractivity contribution in [3.05, 3.63) is 40.8 Å². The summed E-state index contributed by atoms with van der Waals surface area (Å²) in [5.41, 5.74) is 2.61. The minimum Gasteiger partial charge on any atom is -0.337 e. The number of amides is 1. The van der Waals surface area contributed by atoms with Gasteiger partial charge in [-0.05, 0) is 36.0 Å². The minimum atomic E-state index is 0.227. The molecule has 2 aromatic rings. The quantitative estimate of drug-likeness (QED) is 0.714. The Morgan fingerprint density at radius 2 is 1.91 bits per heavy atom. The van der Waals surface area contributed by atoms with E-state index in [-0.39, 0.29) is 5.91 Å². The van der Waals surface area contributed by atoms with Crippen LogP contribution in [0.5, 0.6) is 0 Å². The maximum atomic E-state index is 13.0. The van der Waals surface area contributed by atoms with Crippen LogP contribution in [0.4, 0.5) is 0 Å². The normalized spacial score (nSPS) is 23.3. The molecule has 2 aliphatic rings. The molecular weight excluding hydrogens is 322 g/mol. The van der Waals surface area contributed by atoms with Crippen LogP contribution in [0.2, 0.25) is 0 Å². The van der Waals surface area contributed by atoms with Gasteiger partial charge in [-0.15, -0.1) is 23.1 Å². The predicted octanol–water partition coefficient (Wildman–Crippen LogP) is 5.14. The van der Waals surface area contributed by atoms with Crippen molar-refractivity contribution in [3.8, 4) is 10.4 Å². The summed E-state index contributed by atoms with van der Waals surface area (Å²) in [7, 11) is 0. The molecule has 2 atom stereocenters. The Labute approximate surface area is 145 Å². The van der Waals surface area contributed by atoms with E-state index in [1.165, 1.54) is 27.3 Å². The lowest BCUT2D eigenvalue weighted by Gasteiger charge is -2.34. The van der Waals surface area contributed by atoms with Gasteiger partial charge in [0.1, 0.15) is 0 Å². The number of benzene rings is 1. The zero-order chi connectivity index (χ0) is 16.0. The molecule has 2 aliphatic heterocycles. The Bertz CT molecular complexity index is 742. The zero-order valence-corrected chi connectivity index (χ0v) is 15.2. The van der Waals surface area contributed by atoms with Crippen molar-refractivity contribution in [2.24, 2.45) is 11.8 Å². The summed E-state index contributed by atoms with van der Waals surface area (Å²) in [5.74, 6) is 2.41. The Hall–Kier alpha value is -1.26. The lowest BCUT2D eigenvalue weighted by Crippen LogP contribution is -2.42. The van der Waals surface area contributed by atoms with E-state index in [1.807, 2.05) is 11.8 Å². The summed E-state index contributed by atoms with van der Waals surface area (Å²) in [5, 5.41) is 0. The Morgan fingerprint density at radius 3 is 2.70 bits per heavy atom. The van der Waals surface area contributed by atoms with Gasteiger partial charge in [-0.25, -0.2) is 0 Å². The van der Waals surface area contributed by atoms with Crippen molar-refractivity contribution in [1.29, 1.82) is 0 Å². The second-order valence-electron chi connectivity index (χ2n) is 6.91. The first-order chi connectivity index (χ1) is 11.1. The Morgan fingerprint density at radius 1 is 1.17 bits per heavy atom. The van der Waals surface area contributed by atoms with Crippen LogP contribution in [0.3, 0.4) is 0 Å². The largest absolute Gasteiger partial charge is 0.337 e. The zero-order valence-electron chi connectivity index (χ0n) is 13.5. The number of thiophene rings is 1. The molecule has 0 radical (unpaired) electrons. The summed E-state index contributed by atoms with van der Waals surface area (Å²) in [6.07, 6.45) is 1.23. The second kappa shape index (κ2) is 5.99. The monoisotopic (exact) mass is 343 g/mol. The third-order valence-corrected chi connectivity index (χ3v) is 7.01. The van der Waals surface area contributed by atoms with Gasteiger partial charge in [-0.2, -0.15) is 0 Å². The molecule has 0 aliphatic carbocycles. The number of hydrogen-bond donors (Lipinski definition) is 0. The SMILES string of the molecule is CC1CC(C)CN(C(=O)c2cc3c(s2)-c2ccccc2SC3)C1. The summed E-state index contributed by atoms with van der Waals surface area (Å²) in [4.78, 5) is 18.6. The summed E-state index contributed by atoms with van der Waals surface area (Å²) < 4.78 is 0. The highest BCUT2D eigenvalue weighted by Gasteiger charge is 2.29. The molecule has 4 rings (SSSR count). The topological polar surface area (TPSA) is 20.3 Å². The number of nitrogens with zero attached hydrogens (tertiary/aromatic N) is 1. The summed E-state index contributed by atoms with van der Waals surface area (Å²) in [6.45, 7) is 6.30. The highest BCUT2D eigenvalue weighted by Crippen LogP contribution is 2.45. The molecule has 2 unspecified atom stereocenters. The molecule has 3 heterocycles. The van der Waals surface area contributed by atoms with Gasteiger partial charge in [0.15, 0.2) is 0 Å². The van der Waals surface area contributed by atoms with Gasteiger partial charge >= 0.3 is 0 Å². The van der Waals surface area contributed by atoms with Gasteiger partial charge in [0.05, 0.1) is 4.88 Å². The first kappa shape index (κ1) is 15.3. The minimum absolute atomic E-state index is 0.227. The van der Waals surface area contributed by atoms with E-state index in [1.54, 1.807) is 11.3 Å². The number of likely N-dealkylation sites (tertiary alicyclic amines) is 1. The number of thioether (sulfide) groups is 1. The first-order valence-corrected chi connectivity index (χ1v) is 10.1. The highest BCUT2D eigenvalue weighted by molar-refractivity contribution is 7.98. The number of carbonyl (C=O) groups excluding carboxylic acids is 1. The molecule has 1 fully saturated rings. The smallest absolute Gasteiger partial charge is 0.263 e. The molecule has 1 saturated heterocycles. The predicted molar refractivity (Wildman–Crippen MR) is 98.2 cm³/mol. The molecule has 120 valence electrons. The third-order valence-electron chi connectivity index (χ3n) is 4.69. The maximum Gasteiger partial charge on any atom is 0.263 e. The number of carbonyl (C=O) groups is 1. The molecule has 0 bridgehead atoms. The van der Waals surface area contributed by atoms with Crippen molar-refractivity contribution < 1.29 is 4.79 Å². The fourth-order valence-corrected chi connectivity index (χ4v) is 6.17. The van der Waals surface area contributed by atoms with Gasteiger partial charge in [-0.3, -0.25) is 4.79 Å². The van der Waals surface area contributed by atoms with E-state index >= 15 is 0 Å². The second-order valence-corrected chi connectivity index (χ2v) is 8.98. The molecule has 1 aromatic heterocycles. The number of hydrogen-bond acceptors (Lipinski definition) is 3. The van der Waals surface area contributed by atoms with E-state index in [0.717, 1.165) is 23.7 Å². The standard InChI is InChI=1S/C19H21NOS2/c1-12-7-13(2)10-20(9-12)19(21)17-8-14-11-22-16-6-4-3-5-15(16)18(14)23-17/h3-6,8,12-13H,7,9-11H2,1-2H3. The van der Waals surface area contributed by atoms with E-state index < -0.39 is 0 Å². The number of piperidine rings is 1.